The molecular formula is C11H11IO2. The maximum absolute atomic E-state index is 11.0. The zero-order valence-corrected chi connectivity index (χ0v) is 10.2. The number of Topliss-reactive ketones (excluding diaryl/α,β-unsaturated/α-hetero) is 1. The summed E-state index contributed by atoms with van der Waals surface area (Å²) in [6.45, 7) is 1.56. The van der Waals surface area contributed by atoms with Crippen LogP contribution in [0.1, 0.15) is 12.5 Å². The molecule has 1 aromatic rings. The quantitative estimate of drug-likeness (QED) is 0.633. The van der Waals surface area contributed by atoms with Crippen LogP contribution in [0.15, 0.2) is 27.8 Å². The van der Waals surface area contributed by atoms with Gasteiger partial charge in [0, 0.05) is 0 Å². The van der Waals surface area contributed by atoms with Gasteiger partial charge in [0.15, 0.2) is 5.78 Å². The smallest absolute Gasteiger partial charge is 0.165 e. The number of hydrogen-bond acceptors (Lipinski definition) is 2. The SMILES string of the molecule is COc1ccc(/C=C(\I)C(C)=O)cc1. The second-order valence-electron chi connectivity index (χ2n) is 2.82. The Morgan fingerprint density at radius 1 is 1.36 bits per heavy atom. The lowest BCUT2D eigenvalue weighted by molar-refractivity contribution is -0.112. The molecule has 0 spiro atoms. The van der Waals surface area contributed by atoms with E-state index in [9.17, 15) is 4.79 Å². The van der Waals surface area contributed by atoms with Crippen LogP contribution in [-0.4, -0.2) is 12.9 Å². The highest BCUT2D eigenvalue weighted by atomic mass is 127. The molecule has 1 rings (SSSR count). The topological polar surface area (TPSA) is 26.3 Å². The molecule has 74 valence electrons. The largest absolute Gasteiger partial charge is 0.497 e. The predicted octanol–water partition coefficient (Wildman–Crippen LogP) is 3.06. The number of benzene rings is 1. The van der Waals surface area contributed by atoms with Crippen molar-refractivity contribution in [1.29, 1.82) is 0 Å². The van der Waals surface area contributed by atoms with Crippen LogP contribution >= 0.6 is 22.6 Å². The Morgan fingerprint density at radius 3 is 2.36 bits per heavy atom. The maximum Gasteiger partial charge on any atom is 0.165 e. The third-order valence-electron chi connectivity index (χ3n) is 1.75. The summed E-state index contributed by atoms with van der Waals surface area (Å²) in [6, 6.07) is 7.58. The van der Waals surface area contributed by atoms with Crippen molar-refractivity contribution in [2.24, 2.45) is 0 Å². The first-order valence-electron chi connectivity index (χ1n) is 4.15. The van der Waals surface area contributed by atoms with Crippen LogP contribution in [0.2, 0.25) is 0 Å². The number of hydrogen-bond donors (Lipinski definition) is 0. The molecule has 0 fully saturated rings. The van der Waals surface area contributed by atoms with Crippen LogP contribution in [-0.2, 0) is 4.79 Å². The number of allylic oxidation sites excluding steroid dienone is 1. The van der Waals surface area contributed by atoms with E-state index in [-0.39, 0.29) is 5.78 Å². The summed E-state index contributed by atoms with van der Waals surface area (Å²) in [5.74, 6) is 0.904. The number of rotatable bonds is 3. The molecule has 0 bridgehead atoms. The Bertz CT molecular complexity index is 352. The summed E-state index contributed by atoms with van der Waals surface area (Å²) in [4.78, 5) is 11.0. The Kier molecular flexibility index (Phi) is 4.13. The van der Waals surface area contributed by atoms with Gasteiger partial charge in [0.05, 0.1) is 10.7 Å². The Balaban J connectivity index is 2.88. The monoisotopic (exact) mass is 302 g/mol. The van der Waals surface area contributed by atoms with Gasteiger partial charge in [-0.25, -0.2) is 0 Å². The van der Waals surface area contributed by atoms with Crippen LogP contribution in [0.5, 0.6) is 5.75 Å². The van der Waals surface area contributed by atoms with Gasteiger partial charge in [0.25, 0.3) is 0 Å². The van der Waals surface area contributed by atoms with Crippen LogP contribution in [0.3, 0.4) is 0 Å². The van der Waals surface area contributed by atoms with Crippen molar-refractivity contribution < 1.29 is 9.53 Å². The fourth-order valence-electron chi connectivity index (χ4n) is 0.948. The molecule has 1 aromatic carbocycles. The molecule has 0 N–H and O–H groups in total. The number of carbonyl (C=O) groups is 1. The number of carbonyl (C=O) groups excluding carboxylic acids is 1. The minimum atomic E-state index is 0.0846. The summed E-state index contributed by atoms with van der Waals surface area (Å²) in [6.07, 6.45) is 1.85. The summed E-state index contributed by atoms with van der Waals surface area (Å²) in [5, 5.41) is 0. The minimum Gasteiger partial charge on any atom is -0.497 e. The van der Waals surface area contributed by atoms with E-state index in [2.05, 4.69) is 0 Å². The van der Waals surface area contributed by atoms with Crippen molar-refractivity contribution in [3.8, 4) is 5.75 Å². The molecule has 0 saturated heterocycles. The number of ether oxygens (including phenoxy) is 1. The van der Waals surface area contributed by atoms with Crippen LogP contribution in [0.25, 0.3) is 6.08 Å². The molecular weight excluding hydrogens is 291 g/mol. The first-order valence-corrected chi connectivity index (χ1v) is 5.23. The normalized spacial score (nSPS) is 11.2. The Labute approximate surface area is 97.1 Å². The molecule has 0 unspecified atom stereocenters. The van der Waals surface area contributed by atoms with E-state index in [1.165, 1.54) is 0 Å². The van der Waals surface area contributed by atoms with Gasteiger partial charge in [0.1, 0.15) is 5.75 Å². The van der Waals surface area contributed by atoms with Gasteiger partial charge in [-0.05, 0) is 53.3 Å². The molecule has 0 amide bonds. The van der Waals surface area contributed by atoms with Crippen LogP contribution in [0, 0.1) is 0 Å². The Morgan fingerprint density at radius 2 is 1.93 bits per heavy atom. The van der Waals surface area contributed by atoms with Crippen LogP contribution < -0.4 is 4.74 Å². The molecule has 0 radical (unpaired) electrons. The van der Waals surface area contributed by atoms with Gasteiger partial charge < -0.3 is 4.74 Å². The average molecular weight is 302 g/mol. The number of methoxy groups -OCH3 is 1. The first kappa shape index (κ1) is 11.2. The second-order valence-corrected chi connectivity index (χ2v) is 3.98. The highest BCUT2D eigenvalue weighted by molar-refractivity contribution is 14.1. The summed E-state index contributed by atoms with van der Waals surface area (Å²) in [7, 11) is 1.63. The average Bonchev–Trinajstić information content (AvgIpc) is 2.19. The maximum atomic E-state index is 11.0. The van der Waals surface area contributed by atoms with Gasteiger partial charge in [-0.15, -0.1) is 0 Å². The molecule has 3 heteroatoms. The molecule has 0 atom stereocenters. The van der Waals surface area contributed by atoms with E-state index in [0.29, 0.717) is 0 Å². The lowest BCUT2D eigenvalue weighted by Crippen LogP contribution is -1.87. The predicted molar refractivity (Wildman–Crippen MR) is 65.7 cm³/mol. The third kappa shape index (κ3) is 3.14. The van der Waals surface area contributed by atoms with E-state index >= 15 is 0 Å². The molecule has 0 saturated carbocycles. The molecule has 0 aliphatic rings. The molecule has 0 aliphatic carbocycles. The van der Waals surface area contributed by atoms with Crippen LogP contribution in [0.4, 0.5) is 0 Å². The standard InChI is InChI=1S/C11H11IO2/c1-8(13)11(12)7-9-3-5-10(14-2)6-4-9/h3-7H,1-2H3/b11-7-. The third-order valence-corrected chi connectivity index (χ3v) is 2.82. The summed E-state index contributed by atoms with van der Waals surface area (Å²) in [5.41, 5.74) is 1.01. The van der Waals surface area contributed by atoms with Crippen molar-refractivity contribution in [2.75, 3.05) is 7.11 Å². The highest BCUT2D eigenvalue weighted by Gasteiger charge is 1.98. The summed E-state index contributed by atoms with van der Waals surface area (Å²) < 4.78 is 5.76. The van der Waals surface area contributed by atoms with E-state index in [0.717, 1.165) is 14.9 Å². The van der Waals surface area contributed by atoms with Crippen molar-refractivity contribution >= 4 is 34.5 Å². The van der Waals surface area contributed by atoms with Crippen molar-refractivity contribution in [1.82, 2.24) is 0 Å². The van der Waals surface area contributed by atoms with Gasteiger partial charge >= 0.3 is 0 Å². The lowest BCUT2D eigenvalue weighted by atomic mass is 10.2. The molecule has 2 nitrogen and oxygen atoms in total. The highest BCUT2D eigenvalue weighted by Crippen LogP contribution is 2.16. The molecule has 0 aliphatic heterocycles. The van der Waals surface area contributed by atoms with Gasteiger partial charge in [-0.2, -0.15) is 0 Å². The van der Waals surface area contributed by atoms with Gasteiger partial charge in [-0.3, -0.25) is 4.79 Å². The minimum absolute atomic E-state index is 0.0846. The first-order chi connectivity index (χ1) is 6.63. The molecule has 0 heterocycles. The van der Waals surface area contributed by atoms with Crippen molar-refractivity contribution in [2.45, 2.75) is 6.92 Å². The zero-order chi connectivity index (χ0) is 10.6. The van der Waals surface area contributed by atoms with Gasteiger partial charge in [0.2, 0.25) is 0 Å². The molecule has 0 aromatic heterocycles. The van der Waals surface area contributed by atoms with Crippen molar-refractivity contribution in [3.63, 3.8) is 0 Å². The number of halogens is 1. The summed E-state index contributed by atoms with van der Waals surface area (Å²) >= 11 is 2.03. The van der Waals surface area contributed by atoms with E-state index < -0.39 is 0 Å². The fraction of sp³-hybridized carbons (Fsp3) is 0.182. The fourth-order valence-corrected chi connectivity index (χ4v) is 1.31. The zero-order valence-electron chi connectivity index (χ0n) is 8.08. The lowest BCUT2D eigenvalue weighted by Gasteiger charge is -1.99. The molecule has 14 heavy (non-hydrogen) atoms. The van der Waals surface area contributed by atoms with Crippen molar-refractivity contribution in [3.05, 3.63) is 33.4 Å². The van der Waals surface area contributed by atoms with E-state index in [4.69, 9.17) is 4.74 Å². The Hall–Kier alpha value is -0.840. The second kappa shape index (κ2) is 5.14. The van der Waals surface area contributed by atoms with E-state index in [1.807, 2.05) is 52.9 Å². The van der Waals surface area contributed by atoms with Gasteiger partial charge in [-0.1, -0.05) is 12.1 Å². The number of ketones is 1. The van der Waals surface area contributed by atoms with E-state index in [1.54, 1.807) is 14.0 Å².